The first-order valence-electron chi connectivity index (χ1n) is 24.4. The third kappa shape index (κ3) is 28.9. The lowest BCUT2D eigenvalue weighted by molar-refractivity contribution is -0.713. The largest absolute Gasteiger partial charge is 1.00 e. The Hall–Kier alpha value is -3.00. The number of halogens is 1. The minimum atomic E-state index is 0. The summed E-state index contributed by atoms with van der Waals surface area (Å²) < 4.78 is 14.2. The molecule has 67 heavy (non-hydrogen) atoms. The molecule has 4 rings (SSSR count). The van der Waals surface area contributed by atoms with Gasteiger partial charge in [0.1, 0.15) is 30.9 Å². The van der Waals surface area contributed by atoms with Crippen LogP contribution in [0.1, 0.15) is 224 Å². The van der Waals surface area contributed by atoms with Crippen LogP contribution in [-0.2, 0) is 29.9 Å². The number of aromatic nitrogens is 2. The zero-order valence-corrected chi connectivity index (χ0v) is 47.9. The summed E-state index contributed by atoms with van der Waals surface area (Å²) in [6.45, 7) is 56.9. The molecule has 2 aromatic rings. The third-order valence-electron chi connectivity index (χ3n) is 11.2. The molecule has 0 saturated carbocycles. The Bertz CT molecular complexity index is 1650. The van der Waals surface area contributed by atoms with Gasteiger partial charge in [0.25, 0.3) is 0 Å². The van der Waals surface area contributed by atoms with E-state index in [2.05, 4.69) is 194 Å². The summed E-state index contributed by atoms with van der Waals surface area (Å²) in [5.74, 6) is 1.25. The van der Waals surface area contributed by atoms with E-state index >= 15 is 0 Å². The quantitative estimate of drug-likeness (QED) is 0.0593. The van der Waals surface area contributed by atoms with Gasteiger partial charge >= 0.3 is 0 Å². The Morgan fingerprint density at radius 1 is 0.687 bits per heavy atom. The highest BCUT2D eigenvalue weighted by atomic mass is 35.5. The number of benzene rings is 1. The maximum absolute atomic E-state index is 8.81. The van der Waals surface area contributed by atoms with Crippen LogP contribution in [-0.4, -0.2) is 37.6 Å². The fourth-order valence-corrected chi connectivity index (χ4v) is 6.84. The average Bonchev–Trinajstić information content (AvgIpc) is 3.71. The van der Waals surface area contributed by atoms with Gasteiger partial charge in [-0.05, 0) is 105 Å². The Labute approximate surface area is 424 Å². The Kier molecular flexibility index (Phi) is 38.7. The second kappa shape index (κ2) is 34.3. The fourth-order valence-electron chi connectivity index (χ4n) is 6.84. The maximum Gasteiger partial charge on any atom is 0.249 e. The molecule has 1 aromatic carbocycles. The zero-order chi connectivity index (χ0) is 51.1. The topological polar surface area (TPSA) is 87.4 Å². The smallest absolute Gasteiger partial charge is 0.249 e. The molecule has 0 spiro atoms. The molecular formula is C59H112ClN3O4. The van der Waals surface area contributed by atoms with Crippen molar-refractivity contribution in [1.82, 2.24) is 4.57 Å². The average molecular weight is 963 g/mol. The predicted molar refractivity (Wildman–Crippen MR) is 294 cm³/mol. The van der Waals surface area contributed by atoms with Gasteiger partial charge in [-0.25, -0.2) is 9.13 Å². The van der Waals surface area contributed by atoms with Crippen LogP contribution in [0.25, 0.3) is 5.70 Å². The highest BCUT2D eigenvalue weighted by Crippen LogP contribution is 2.46. The number of ether oxygens (including phenoxy) is 2. The number of allylic oxidation sites excluding steroid dienone is 6. The molecule has 0 bridgehead atoms. The number of hydrogen-bond acceptors (Lipinski definition) is 5. The number of carbonyl (C=O) groups excluding carboxylic acids is 2. The summed E-state index contributed by atoms with van der Waals surface area (Å²) in [6, 6.07) is 6.86. The van der Waals surface area contributed by atoms with Crippen LogP contribution in [0.5, 0.6) is 0 Å². The number of imidazole rings is 1. The molecule has 7 nitrogen and oxygen atoms in total. The van der Waals surface area contributed by atoms with Crippen LogP contribution in [0.3, 0.4) is 0 Å². The van der Waals surface area contributed by atoms with Gasteiger partial charge < -0.3 is 27.6 Å². The van der Waals surface area contributed by atoms with Gasteiger partial charge in [-0.1, -0.05) is 199 Å². The van der Waals surface area contributed by atoms with Gasteiger partial charge in [0.15, 0.2) is 12.6 Å². The number of hydrogen-bond donors (Lipinski definition) is 1. The lowest BCUT2D eigenvalue weighted by atomic mass is 9.67. The van der Waals surface area contributed by atoms with E-state index in [1.54, 1.807) is 12.7 Å². The molecule has 0 fully saturated rings. The van der Waals surface area contributed by atoms with Crippen molar-refractivity contribution >= 4 is 24.0 Å². The van der Waals surface area contributed by atoms with Crippen molar-refractivity contribution in [2.24, 2.45) is 33.5 Å². The van der Waals surface area contributed by atoms with Gasteiger partial charge in [0, 0.05) is 25.8 Å². The third-order valence-corrected chi connectivity index (χ3v) is 11.2. The van der Waals surface area contributed by atoms with Gasteiger partial charge in [-0.2, -0.15) is 0 Å². The Morgan fingerprint density at radius 2 is 1.15 bits per heavy atom. The summed E-state index contributed by atoms with van der Waals surface area (Å²) >= 11 is 0. The molecule has 2 N–H and O–H groups in total. The van der Waals surface area contributed by atoms with Crippen molar-refractivity contribution in [3.05, 3.63) is 77.4 Å². The lowest BCUT2D eigenvalue weighted by Crippen LogP contribution is -3.00. The molecular weight excluding hydrogens is 850 g/mol. The highest BCUT2D eigenvalue weighted by Gasteiger charge is 2.37. The molecule has 394 valence electrons. The van der Waals surface area contributed by atoms with Crippen LogP contribution in [0.4, 0.5) is 5.69 Å². The number of anilines is 1. The van der Waals surface area contributed by atoms with E-state index in [1.165, 1.54) is 35.2 Å². The number of carbonyl (C=O) groups is 2. The summed E-state index contributed by atoms with van der Waals surface area (Å²) in [7, 11) is 1.61. The van der Waals surface area contributed by atoms with E-state index in [4.69, 9.17) is 20.1 Å². The van der Waals surface area contributed by atoms with Crippen molar-refractivity contribution in [2.75, 3.05) is 26.2 Å². The SMILES string of the molecule is C.C.CC.CC.CC.CC(C)(C)C1=C[C@H](C(C)(C)C)CC(n2cc[n+]([C@H]3C=C(C(C)(C)C)C[C@@H](C(C)(C)C)C3)c2)=C1.CC(C)(C)c1cc(N)cc(C(C)(C)C)c1.CCOCOC.O=CC=O.[Cl-]. The van der Waals surface area contributed by atoms with Gasteiger partial charge in [-0.15, -0.1) is 0 Å². The maximum atomic E-state index is 8.81. The molecule has 3 atom stereocenters. The molecule has 0 saturated heterocycles. The van der Waals surface area contributed by atoms with Gasteiger partial charge in [-0.3, -0.25) is 9.59 Å². The molecule has 1 heterocycles. The molecule has 0 amide bonds. The second-order valence-corrected chi connectivity index (χ2v) is 22.5. The van der Waals surface area contributed by atoms with Crippen molar-refractivity contribution in [2.45, 2.75) is 224 Å². The van der Waals surface area contributed by atoms with Crippen LogP contribution in [0, 0.1) is 33.5 Å². The van der Waals surface area contributed by atoms with E-state index in [9.17, 15) is 0 Å². The van der Waals surface area contributed by atoms with E-state index in [0.717, 1.165) is 18.7 Å². The molecule has 0 radical (unpaired) electrons. The molecule has 8 heteroatoms. The van der Waals surface area contributed by atoms with Crippen LogP contribution >= 0.6 is 0 Å². The zero-order valence-electron chi connectivity index (χ0n) is 47.1. The summed E-state index contributed by atoms with van der Waals surface area (Å²) in [4.78, 5) is 17.6. The second-order valence-electron chi connectivity index (χ2n) is 22.5. The molecule has 2 aliphatic carbocycles. The van der Waals surface area contributed by atoms with Crippen molar-refractivity contribution < 1.29 is 36.0 Å². The van der Waals surface area contributed by atoms with Crippen molar-refractivity contribution in [1.29, 1.82) is 0 Å². The lowest BCUT2D eigenvalue weighted by Gasteiger charge is -2.39. The molecule has 2 aliphatic rings. The number of nitrogens with zero attached hydrogens (tertiary/aromatic N) is 2. The molecule has 0 aliphatic heterocycles. The minimum absolute atomic E-state index is 0. The van der Waals surface area contributed by atoms with Crippen molar-refractivity contribution in [3.8, 4) is 0 Å². The van der Waals surface area contributed by atoms with E-state index in [0.29, 0.717) is 30.1 Å². The fraction of sp³-hybridized carbons (Fsp3) is 0.712. The molecule has 1 aromatic heterocycles. The predicted octanol–water partition coefficient (Wildman–Crippen LogP) is 13.9. The van der Waals surface area contributed by atoms with E-state index in [1.807, 2.05) is 48.5 Å². The highest BCUT2D eigenvalue weighted by molar-refractivity contribution is 6.09. The number of nitrogens with two attached hydrogens (primary N) is 1. The Balaban J connectivity index is -0.000000228. The standard InChI is InChI=1S/C31H51N2.C14H23N.C4H10O2.C2H2O2.3C2H6.2CH4.ClH/c1-28(2,3)22-15-23(29(4,5)6)18-26(17-22)32-13-14-33(21-32)27-19-24(30(7,8)9)16-25(20-27)31(10,11)12;1-13(2,3)10-7-11(14(4,5)6)9-12(15)8-10;1-3-6-4-5-2;3-1-2-4;3*1-2;;;/h13-15,17,19,21,23,25,27H,16,18,20H2,1-12H3;7-9H,15H2,1-6H3;3-4H2,1-2H3;1-2H;3*1-2H3;2*1H4;1H/q+1;;;;;;;;;/p-1/t23-,25+,27-;;;;;;;;;/m0........./s1. The summed E-state index contributed by atoms with van der Waals surface area (Å²) in [6.07, 6.45) is 18.4. The van der Waals surface area contributed by atoms with Crippen LogP contribution in [0.15, 0.2) is 66.3 Å². The first-order valence-corrected chi connectivity index (χ1v) is 24.4. The Morgan fingerprint density at radius 3 is 1.48 bits per heavy atom. The summed E-state index contributed by atoms with van der Waals surface area (Å²) in [5.41, 5.74) is 15.2. The van der Waals surface area contributed by atoms with Crippen molar-refractivity contribution in [3.63, 3.8) is 0 Å². The number of rotatable bonds is 6. The summed E-state index contributed by atoms with van der Waals surface area (Å²) in [5, 5.41) is 0. The number of nitrogen functional groups attached to an aromatic ring is 1. The van der Waals surface area contributed by atoms with E-state index < -0.39 is 0 Å². The van der Waals surface area contributed by atoms with Gasteiger partial charge in [0.2, 0.25) is 6.33 Å². The van der Waals surface area contributed by atoms with Crippen LogP contribution < -0.4 is 22.7 Å². The minimum Gasteiger partial charge on any atom is -1.00 e. The number of aldehydes is 2. The first kappa shape index (κ1) is 75.5. The first-order chi connectivity index (χ1) is 29.3. The number of methoxy groups -OCH3 is 1. The van der Waals surface area contributed by atoms with Crippen LogP contribution in [0.2, 0.25) is 0 Å². The normalized spacial score (nSPS) is 16.8. The molecule has 0 unspecified atom stereocenters. The van der Waals surface area contributed by atoms with E-state index in [-0.39, 0.29) is 66.9 Å². The van der Waals surface area contributed by atoms with Gasteiger partial charge in [0.05, 0.1) is 0 Å². The monoisotopic (exact) mass is 962 g/mol.